The molecule has 6 aliphatic rings. The first-order valence-corrected chi connectivity index (χ1v) is 24.8. The summed E-state index contributed by atoms with van der Waals surface area (Å²) in [6, 6.07) is 52.1. The van der Waals surface area contributed by atoms with Crippen molar-refractivity contribution in [3.05, 3.63) is 222 Å². The van der Waals surface area contributed by atoms with E-state index in [-0.39, 0.29) is 24.2 Å². The van der Waals surface area contributed by atoms with Gasteiger partial charge in [0.25, 0.3) is 5.56 Å². The summed E-state index contributed by atoms with van der Waals surface area (Å²) < 4.78 is 14.7. The lowest BCUT2D eigenvalue weighted by atomic mass is 9.48. The van der Waals surface area contributed by atoms with Gasteiger partial charge in [0.1, 0.15) is 0 Å². The molecule has 0 atom stereocenters. The molecular formula is C64H46BN3O2. The van der Waals surface area contributed by atoms with Crippen LogP contribution < -0.4 is 21.2 Å². The molecular weight excluding hydrogens is 854 g/mol. The molecule has 0 spiro atoms. The van der Waals surface area contributed by atoms with Gasteiger partial charge in [-0.15, -0.1) is 0 Å². The van der Waals surface area contributed by atoms with Gasteiger partial charge in [-0.05, 0) is 167 Å². The molecule has 2 bridgehead atoms. The van der Waals surface area contributed by atoms with Crippen molar-refractivity contribution < 1.29 is 4.74 Å². The zero-order valence-electron chi connectivity index (χ0n) is 40.2. The largest absolute Gasteiger partial charge is 0.452 e. The van der Waals surface area contributed by atoms with E-state index in [0.717, 1.165) is 72.6 Å². The SMILES string of the molecule is Cc1cc(C)c(-c2ccc3c4c2c2ccc(-c5c(C)cccc5C)c5c2n4-c2c(c(-c4c(C)cccc4C)cc4c2B3n2c3cc6c(cc3c(=O)n2-4)C2c3ccccc3C6c3ccccc32)O5)c(C)c1. The van der Waals surface area contributed by atoms with Crippen LogP contribution in [-0.4, -0.2) is 20.7 Å². The van der Waals surface area contributed by atoms with Crippen LogP contribution in [-0.2, 0) is 0 Å². The van der Waals surface area contributed by atoms with Gasteiger partial charge in [-0.25, -0.2) is 4.68 Å². The van der Waals surface area contributed by atoms with E-state index < -0.39 is 0 Å². The second-order valence-electron chi connectivity index (χ2n) is 21.0. The van der Waals surface area contributed by atoms with Gasteiger partial charge in [0.2, 0.25) is 0 Å². The molecule has 3 aliphatic carbocycles. The minimum absolute atomic E-state index is 0.0157. The van der Waals surface area contributed by atoms with E-state index in [9.17, 15) is 0 Å². The van der Waals surface area contributed by atoms with Gasteiger partial charge in [0.15, 0.2) is 11.5 Å². The van der Waals surface area contributed by atoms with E-state index in [2.05, 4.69) is 197 Å². The van der Waals surface area contributed by atoms with Crippen molar-refractivity contribution in [3.63, 3.8) is 0 Å². The zero-order chi connectivity index (χ0) is 46.9. The lowest BCUT2D eigenvalue weighted by Gasteiger charge is -2.42. The topological polar surface area (TPSA) is 41.1 Å². The highest BCUT2D eigenvalue weighted by Gasteiger charge is 2.50. The monoisotopic (exact) mass is 899 g/mol. The van der Waals surface area contributed by atoms with E-state index in [0.29, 0.717) is 0 Å². The molecule has 2 aromatic heterocycles. The second kappa shape index (κ2) is 13.0. The van der Waals surface area contributed by atoms with Crippen LogP contribution in [0, 0.1) is 48.5 Å². The van der Waals surface area contributed by atoms with Crippen molar-refractivity contribution in [3.8, 4) is 56.3 Å². The Bertz CT molecular complexity index is 4300. The van der Waals surface area contributed by atoms with Crippen molar-refractivity contribution in [2.24, 2.45) is 0 Å². The molecule has 0 radical (unpaired) electrons. The van der Waals surface area contributed by atoms with E-state index >= 15 is 4.79 Å². The molecule has 0 saturated carbocycles. The quantitative estimate of drug-likeness (QED) is 0.166. The Kier molecular flexibility index (Phi) is 7.19. The third-order valence-electron chi connectivity index (χ3n) is 17.2. The normalized spacial score (nSPS) is 15.8. The number of rotatable bonds is 3. The maximum atomic E-state index is 15.8. The van der Waals surface area contributed by atoms with E-state index in [1.807, 2.05) is 4.68 Å². The molecule has 11 aromatic rings. The van der Waals surface area contributed by atoms with Crippen LogP contribution in [0.2, 0.25) is 0 Å². The fourth-order valence-electron chi connectivity index (χ4n) is 14.7. The molecule has 3 aliphatic heterocycles. The van der Waals surface area contributed by atoms with Crippen molar-refractivity contribution in [1.82, 2.24) is 13.8 Å². The summed E-state index contributed by atoms with van der Waals surface area (Å²) in [5.74, 6) is 1.86. The number of fused-ring (bicyclic) bond motifs is 7. The molecule has 0 amide bonds. The third-order valence-corrected chi connectivity index (χ3v) is 17.2. The van der Waals surface area contributed by atoms with Crippen LogP contribution in [0.1, 0.15) is 84.2 Å². The molecule has 0 saturated heterocycles. The van der Waals surface area contributed by atoms with Gasteiger partial charge in [0.05, 0.1) is 33.3 Å². The summed E-state index contributed by atoms with van der Waals surface area (Å²) in [5, 5.41) is 3.16. The molecule has 5 heterocycles. The number of nitrogens with zero attached hydrogens (tertiary/aromatic N) is 3. The Morgan fingerprint density at radius 1 is 0.486 bits per heavy atom. The van der Waals surface area contributed by atoms with Crippen molar-refractivity contribution in [2.45, 2.75) is 60.3 Å². The van der Waals surface area contributed by atoms with Crippen molar-refractivity contribution in [1.29, 1.82) is 0 Å². The first kappa shape index (κ1) is 38.8. The molecule has 6 heteroatoms. The molecule has 17 rings (SSSR count). The lowest BCUT2D eigenvalue weighted by Crippen LogP contribution is -2.51. The Balaban J connectivity index is 1.08. The highest BCUT2D eigenvalue weighted by Crippen LogP contribution is 2.58. The van der Waals surface area contributed by atoms with Crippen LogP contribution in [0.25, 0.3) is 77.5 Å². The number of hydrogen-bond donors (Lipinski definition) is 0. The predicted octanol–water partition coefficient (Wildman–Crippen LogP) is 13.4. The number of benzene rings is 9. The fraction of sp³-hybridized carbons (Fsp3) is 0.141. The summed E-state index contributed by atoms with van der Waals surface area (Å²) in [7, 11) is 0. The smallest absolute Gasteiger partial charge is 0.354 e. The third kappa shape index (κ3) is 4.46. The molecule has 0 unspecified atom stereocenters. The number of hydrogen-bond acceptors (Lipinski definition) is 2. The van der Waals surface area contributed by atoms with Gasteiger partial charge in [-0.2, -0.15) is 0 Å². The maximum Gasteiger partial charge on any atom is 0.354 e. The fourth-order valence-corrected chi connectivity index (χ4v) is 14.7. The molecule has 70 heavy (non-hydrogen) atoms. The Labute approximate surface area is 405 Å². The lowest BCUT2D eigenvalue weighted by molar-refractivity contribution is 0.480. The number of ether oxygens (including phenoxy) is 1. The predicted molar refractivity (Wildman–Crippen MR) is 287 cm³/mol. The van der Waals surface area contributed by atoms with E-state index in [4.69, 9.17) is 4.74 Å². The number of aryl methyl sites for hydroxylation is 7. The van der Waals surface area contributed by atoms with Crippen LogP contribution >= 0.6 is 0 Å². The van der Waals surface area contributed by atoms with Crippen molar-refractivity contribution >= 4 is 50.5 Å². The van der Waals surface area contributed by atoms with E-state index in [1.54, 1.807) is 0 Å². The molecule has 0 fully saturated rings. The minimum Gasteiger partial charge on any atom is -0.452 e. The summed E-state index contributed by atoms with van der Waals surface area (Å²) in [5.41, 5.74) is 30.9. The van der Waals surface area contributed by atoms with Crippen LogP contribution in [0.3, 0.4) is 0 Å². The summed E-state index contributed by atoms with van der Waals surface area (Å²) >= 11 is 0. The van der Waals surface area contributed by atoms with Crippen LogP contribution in [0.4, 0.5) is 0 Å². The summed E-state index contributed by atoms with van der Waals surface area (Å²) in [6.45, 7) is 15.2. The van der Waals surface area contributed by atoms with Gasteiger partial charge in [-0.3, -0.25) is 4.79 Å². The van der Waals surface area contributed by atoms with Gasteiger partial charge >= 0.3 is 6.85 Å². The molecule has 9 aromatic carbocycles. The Hall–Kier alpha value is -8.09. The maximum absolute atomic E-state index is 15.8. The van der Waals surface area contributed by atoms with Crippen LogP contribution in [0.5, 0.6) is 11.5 Å². The average molecular weight is 900 g/mol. The minimum atomic E-state index is -0.295. The highest BCUT2D eigenvalue weighted by molar-refractivity contribution is 6.89. The summed E-state index contributed by atoms with van der Waals surface area (Å²) in [4.78, 5) is 15.8. The Morgan fingerprint density at radius 2 is 1.04 bits per heavy atom. The molecule has 332 valence electrons. The second-order valence-corrected chi connectivity index (χ2v) is 21.0. The average Bonchev–Trinajstić information content (AvgIpc) is 3.98. The summed E-state index contributed by atoms with van der Waals surface area (Å²) in [6.07, 6.45) is 0. The van der Waals surface area contributed by atoms with Crippen molar-refractivity contribution in [2.75, 3.05) is 0 Å². The highest BCUT2D eigenvalue weighted by atomic mass is 16.5. The zero-order valence-corrected chi connectivity index (χ0v) is 40.2. The molecule has 0 N–H and O–H groups in total. The standard InChI is InChI=1S/C64H46BN3O2/c1-31-26-36(6)54(37(7)27-31)42-24-25-49-60-57(42)43-22-23-44(52-32(2)14-12-15-33(52)3)62-59(43)66(60)61-58-51(30-48(63(61)70-62)53-34(4)16-13-17-35(53)5)67-64(69)47-28-45-46(29-50(47)68(67)65(49)58)56-40-20-10-8-18-38(40)55(45)39-19-9-11-21-41(39)56/h8-30,55-56H,1-7H3. The first-order valence-electron chi connectivity index (χ1n) is 24.8. The first-order chi connectivity index (χ1) is 34.1. The number of aromatic nitrogens is 3. The van der Waals surface area contributed by atoms with Gasteiger partial charge in [0, 0.05) is 39.2 Å². The van der Waals surface area contributed by atoms with Crippen LogP contribution in [0.15, 0.2) is 144 Å². The Morgan fingerprint density at radius 3 is 1.66 bits per heavy atom. The van der Waals surface area contributed by atoms with E-state index in [1.165, 1.54) is 99.6 Å². The van der Waals surface area contributed by atoms with Gasteiger partial charge in [-0.1, -0.05) is 121 Å². The molecule has 5 nitrogen and oxygen atoms in total. The van der Waals surface area contributed by atoms with Gasteiger partial charge < -0.3 is 13.9 Å².